The molecular weight excluding hydrogens is 456 g/mol. The Balaban J connectivity index is 1.75. The van der Waals surface area contributed by atoms with Gasteiger partial charge in [-0.3, -0.25) is 0 Å². The summed E-state index contributed by atoms with van der Waals surface area (Å²) in [5.74, 6) is 0. The molecule has 0 unspecified atom stereocenters. The zero-order valence-corrected chi connectivity index (χ0v) is 23.3. The van der Waals surface area contributed by atoms with Gasteiger partial charge < -0.3 is 0 Å². The predicted octanol–water partition coefficient (Wildman–Crippen LogP) is 3.07. The molecule has 0 saturated heterocycles. The number of pyridine rings is 1. The number of rotatable bonds is 3. The van der Waals surface area contributed by atoms with Gasteiger partial charge in [-0.1, -0.05) is 122 Å². The third-order valence-corrected chi connectivity index (χ3v) is 8.76. The van der Waals surface area contributed by atoms with Gasteiger partial charge in [-0.05, 0) is 52.3 Å². The number of aryl methyl sites for hydroxylation is 5. The Kier molecular flexibility index (Phi) is 6.11. The van der Waals surface area contributed by atoms with Crippen LogP contribution in [0.5, 0.6) is 0 Å². The van der Waals surface area contributed by atoms with Crippen LogP contribution in [0.1, 0.15) is 27.8 Å². The summed E-state index contributed by atoms with van der Waals surface area (Å²) in [6, 6.07) is 33.9. The number of benzene rings is 4. The standard InChI is InChI=1S/C35H34B2N/c1-23-13-11-14-24(2)33(23)36-29-17-7-8-18-30(29)37(34-25(3)15-12-16-26(34)4)35-27(5)28(20-21-31(35)36)32-19-9-10-22-38(32)6/h7-22H,1-6H3/q+1. The number of fused-ring (bicyclic) bond motifs is 2. The molecule has 0 radical (unpaired) electrons. The fourth-order valence-corrected chi connectivity index (χ4v) is 7.00. The average Bonchev–Trinajstić information content (AvgIpc) is 2.90. The van der Waals surface area contributed by atoms with Gasteiger partial charge in [0.05, 0.1) is 0 Å². The molecule has 38 heavy (non-hydrogen) atoms. The summed E-state index contributed by atoms with van der Waals surface area (Å²) in [5.41, 5.74) is 18.0. The minimum Gasteiger partial charge on any atom is -0.201 e. The van der Waals surface area contributed by atoms with Crippen LogP contribution in [-0.4, -0.2) is 13.4 Å². The molecule has 1 nitrogen and oxygen atoms in total. The molecule has 1 aromatic heterocycles. The second kappa shape index (κ2) is 9.48. The van der Waals surface area contributed by atoms with Crippen LogP contribution >= 0.6 is 0 Å². The topological polar surface area (TPSA) is 3.88 Å². The van der Waals surface area contributed by atoms with Crippen LogP contribution in [0.15, 0.2) is 97.2 Å². The van der Waals surface area contributed by atoms with E-state index in [0.717, 1.165) is 0 Å². The van der Waals surface area contributed by atoms with Crippen molar-refractivity contribution in [3.05, 3.63) is 125 Å². The quantitative estimate of drug-likeness (QED) is 0.265. The molecule has 0 aliphatic carbocycles. The first-order chi connectivity index (χ1) is 18.4. The maximum absolute atomic E-state index is 2.43. The Labute approximate surface area is 228 Å². The smallest absolute Gasteiger partial charge is 0.201 e. The summed E-state index contributed by atoms with van der Waals surface area (Å²) < 4.78 is 2.24. The van der Waals surface area contributed by atoms with Crippen molar-refractivity contribution >= 4 is 46.2 Å². The molecule has 0 saturated carbocycles. The molecule has 184 valence electrons. The average molecular weight is 490 g/mol. The van der Waals surface area contributed by atoms with Crippen LogP contribution in [0.4, 0.5) is 0 Å². The third-order valence-electron chi connectivity index (χ3n) is 8.76. The van der Waals surface area contributed by atoms with Crippen LogP contribution in [-0.2, 0) is 7.05 Å². The summed E-state index contributed by atoms with van der Waals surface area (Å²) in [6.07, 6.45) is 2.14. The third kappa shape index (κ3) is 3.76. The van der Waals surface area contributed by atoms with Gasteiger partial charge in [0, 0.05) is 17.7 Å². The Morgan fingerprint density at radius 3 is 1.58 bits per heavy atom. The van der Waals surface area contributed by atoms with Gasteiger partial charge in [0.25, 0.3) is 0 Å². The Morgan fingerprint density at radius 1 is 0.474 bits per heavy atom. The fourth-order valence-electron chi connectivity index (χ4n) is 7.00. The first-order valence-electron chi connectivity index (χ1n) is 13.7. The van der Waals surface area contributed by atoms with Crippen molar-refractivity contribution in [2.45, 2.75) is 34.6 Å². The lowest BCUT2D eigenvalue weighted by Crippen LogP contribution is -2.76. The van der Waals surface area contributed by atoms with E-state index in [1.807, 2.05) is 0 Å². The molecule has 0 N–H and O–H groups in total. The van der Waals surface area contributed by atoms with Gasteiger partial charge in [0.15, 0.2) is 6.20 Å². The molecule has 3 heteroatoms. The summed E-state index contributed by atoms with van der Waals surface area (Å²) in [4.78, 5) is 0. The van der Waals surface area contributed by atoms with Crippen molar-refractivity contribution in [3.63, 3.8) is 0 Å². The van der Waals surface area contributed by atoms with E-state index >= 15 is 0 Å². The number of hydrogen-bond acceptors (Lipinski definition) is 0. The second-order valence-corrected chi connectivity index (χ2v) is 11.0. The number of hydrogen-bond donors (Lipinski definition) is 0. The largest absolute Gasteiger partial charge is 0.241 e. The summed E-state index contributed by atoms with van der Waals surface area (Å²) in [6.45, 7) is 11.8. The zero-order chi connectivity index (χ0) is 26.6. The minimum atomic E-state index is 0.192. The maximum Gasteiger partial charge on any atom is 0.241 e. The van der Waals surface area contributed by atoms with Gasteiger partial charge in [-0.2, -0.15) is 0 Å². The van der Waals surface area contributed by atoms with Gasteiger partial charge in [0.1, 0.15) is 7.05 Å². The normalized spacial score (nSPS) is 12.4. The predicted molar refractivity (Wildman–Crippen MR) is 165 cm³/mol. The molecule has 0 amide bonds. The zero-order valence-electron chi connectivity index (χ0n) is 23.3. The molecule has 0 bridgehead atoms. The molecule has 0 spiro atoms. The van der Waals surface area contributed by atoms with Crippen LogP contribution in [0.3, 0.4) is 0 Å². The van der Waals surface area contributed by atoms with E-state index in [2.05, 4.69) is 143 Å². The van der Waals surface area contributed by atoms with E-state index in [0.29, 0.717) is 0 Å². The van der Waals surface area contributed by atoms with E-state index < -0.39 is 0 Å². The lowest BCUT2D eigenvalue weighted by molar-refractivity contribution is -0.660. The fraction of sp³-hybridized carbons (Fsp3) is 0.171. The first kappa shape index (κ1) is 24.5. The van der Waals surface area contributed by atoms with Gasteiger partial charge in [-0.25, -0.2) is 4.57 Å². The van der Waals surface area contributed by atoms with Gasteiger partial charge in [0.2, 0.25) is 19.1 Å². The SMILES string of the molecule is Cc1cccc(C)c1B1c2ccccc2B(c2c(C)cccc2C)c2c1ccc(-c1cccc[n+]1C)c2C. The molecule has 5 aromatic rings. The number of aromatic nitrogens is 1. The second-order valence-electron chi connectivity index (χ2n) is 11.0. The minimum absolute atomic E-state index is 0.192. The Bertz CT molecular complexity index is 1660. The summed E-state index contributed by atoms with van der Waals surface area (Å²) in [7, 11) is 2.14. The number of nitrogens with zero attached hydrogens (tertiary/aromatic N) is 1. The van der Waals surface area contributed by atoms with E-state index in [1.165, 1.54) is 71.9 Å². The molecule has 0 fully saturated rings. The highest BCUT2D eigenvalue weighted by Crippen LogP contribution is 2.20. The van der Waals surface area contributed by atoms with Crippen molar-refractivity contribution in [2.24, 2.45) is 7.05 Å². The highest BCUT2D eigenvalue weighted by atomic mass is 14.9. The highest BCUT2D eigenvalue weighted by molar-refractivity contribution is 7.11. The van der Waals surface area contributed by atoms with Gasteiger partial charge in [-0.15, -0.1) is 0 Å². The Morgan fingerprint density at radius 2 is 1.00 bits per heavy atom. The lowest BCUT2D eigenvalue weighted by Gasteiger charge is -2.36. The van der Waals surface area contributed by atoms with Crippen molar-refractivity contribution in [3.8, 4) is 11.3 Å². The molecule has 0 atom stereocenters. The van der Waals surface area contributed by atoms with Gasteiger partial charge >= 0.3 is 0 Å². The van der Waals surface area contributed by atoms with E-state index in [1.54, 1.807) is 0 Å². The summed E-state index contributed by atoms with van der Waals surface area (Å²) >= 11 is 0. The maximum atomic E-state index is 2.43. The van der Waals surface area contributed by atoms with Crippen LogP contribution < -0.4 is 37.3 Å². The molecule has 1 aliphatic heterocycles. The Hall–Kier alpha value is -3.84. The lowest BCUT2D eigenvalue weighted by atomic mass is 9.20. The molecule has 1 aliphatic rings. The molecule has 4 aromatic carbocycles. The van der Waals surface area contributed by atoms with Crippen molar-refractivity contribution in [2.75, 3.05) is 0 Å². The van der Waals surface area contributed by atoms with E-state index in [-0.39, 0.29) is 13.4 Å². The van der Waals surface area contributed by atoms with Crippen molar-refractivity contribution < 1.29 is 4.57 Å². The van der Waals surface area contributed by atoms with Crippen LogP contribution in [0.25, 0.3) is 11.3 Å². The van der Waals surface area contributed by atoms with Crippen LogP contribution in [0, 0.1) is 34.6 Å². The van der Waals surface area contributed by atoms with E-state index in [9.17, 15) is 0 Å². The highest BCUT2D eigenvalue weighted by Gasteiger charge is 2.41. The first-order valence-corrected chi connectivity index (χ1v) is 13.7. The van der Waals surface area contributed by atoms with E-state index in [4.69, 9.17) is 0 Å². The van der Waals surface area contributed by atoms with Crippen LogP contribution in [0.2, 0.25) is 0 Å². The molecule has 6 rings (SSSR count). The molecule has 2 heterocycles. The van der Waals surface area contributed by atoms with Crippen molar-refractivity contribution in [1.82, 2.24) is 0 Å². The monoisotopic (exact) mass is 490 g/mol. The molecular formula is C35H34B2N+. The van der Waals surface area contributed by atoms with Crippen molar-refractivity contribution in [1.29, 1.82) is 0 Å². The summed E-state index contributed by atoms with van der Waals surface area (Å²) in [5, 5.41) is 0.